The molecule has 1 N–H and O–H groups in total. The first-order valence-electron chi connectivity index (χ1n) is 5.39. The Balaban J connectivity index is 2.24. The maximum Gasteiger partial charge on any atom is 0.416 e. The molecule has 5 heteroatoms. The van der Waals surface area contributed by atoms with Crippen LogP contribution in [0.1, 0.15) is 30.4 Å². The summed E-state index contributed by atoms with van der Waals surface area (Å²) in [4.78, 5) is 0. The molecule has 1 fully saturated rings. The van der Waals surface area contributed by atoms with Crippen LogP contribution in [0.25, 0.3) is 0 Å². The topological polar surface area (TPSA) is 20.2 Å². The zero-order valence-corrected chi connectivity index (χ0v) is 9.78. The molecule has 0 radical (unpaired) electrons. The minimum atomic E-state index is -4.40. The third-order valence-electron chi connectivity index (χ3n) is 3.09. The monoisotopic (exact) mass is 264 g/mol. The Labute approximate surface area is 102 Å². The molecule has 0 amide bonds. The molecular formula is C12H12ClF3O. The van der Waals surface area contributed by atoms with Gasteiger partial charge in [0.1, 0.15) is 0 Å². The van der Waals surface area contributed by atoms with E-state index >= 15 is 0 Å². The van der Waals surface area contributed by atoms with E-state index in [1.807, 2.05) is 0 Å². The summed E-state index contributed by atoms with van der Waals surface area (Å²) in [6.07, 6.45) is -2.57. The van der Waals surface area contributed by atoms with Crippen molar-refractivity contribution in [3.8, 4) is 0 Å². The highest BCUT2D eigenvalue weighted by molar-refractivity contribution is 6.31. The number of hydrogen-bond donors (Lipinski definition) is 1. The van der Waals surface area contributed by atoms with Gasteiger partial charge in [-0.1, -0.05) is 17.7 Å². The Bertz CT molecular complexity index is 424. The summed E-state index contributed by atoms with van der Waals surface area (Å²) >= 11 is 5.80. The normalized spacial score (nSPS) is 18.2. The van der Waals surface area contributed by atoms with Crippen molar-refractivity contribution < 1.29 is 18.3 Å². The van der Waals surface area contributed by atoms with Crippen LogP contribution < -0.4 is 0 Å². The number of aliphatic hydroxyl groups is 1. The van der Waals surface area contributed by atoms with E-state index in [0.717, 1.165) is 6.07 Å². The van der Waals surface area contributed by atoms with Crippen molar-refractivity contribution >= 4 is 11.6 Å². The van der Waals surface area contributed by atoms with Crippen molar-refractivity contribution in [1.82, 2.24) is 0 Å². The summed E-state index contributed by atoms with van der Waals surface area (Å²) in [5.41, 5.74) is -1.38. The minimum Gasteiger partial charge on any atom is -0.390 e. The van der Waals surface area contributed by atoms with Gasteiger partial charge in [-0.15, -0.1) is 0 Å². The molecule has 0 aliphatic heterocycles. The lowest BCUT2D eigenvalue weighted by Crippen LogP contribution is -2.13. The number of halogens is 4. The van der Waals surface area contributed by atoms with Gasteiger partial charge < -0.3 is 5.11 Å². The summed E-state index contributed by atoms with van der Waals surface area (Å²) in [6.45, 7) is 0. The number of hydrogen-bond acceptors (Lipinski definition) is 1. The second-order valence-electron chi connectivity index (χ2n) is 4.49. The van der Waals surface area contributed by atoms with Crippen molar-refractivity contribution in [3.63, 3.8) is 0 Å². The van der Waals surface area contributed by atoms with Crippen LogP contribution in [0.4, 0.5) is 13.2 Å². The van der Waals surface area contributed by atoms with Crippen LogP contribution in [-0.4, -0.2) is 10.7 Å². The smallest absolute Gasteiger partial charge is 0.390 e. The van der Waals surface area contributed by atoms with Crippen molar-refractivity contribution in [2.24, 2.45) is 0 Å². The van der Waals surface area contributed by atoms with Crippen LogP contribution in [0, 0.1) is 0 Å². The van der Waals surface area contributed by atoms with Crippen LogP contribution in [0.15, 0.2) is 18.2 Å². The summed E-state index contributed by atoms with van der Waals surface area (Å²) in [5.74, 6) is 0. The first-order chi connectivity index (χ1) is 7.82. The maximum absolute atomic E-state index is 12.7. The molecule has 1 nitrogen and oxygen atoms in total. The van der Waals surface area contributed by atoms with Gasteiger partial charge >= 0.3 is 6.18 Å². The molecule has 0 saturated heterocycles. The molecule has 1 aliphatic carbocycles. The second-order valence-corrected chi connectivity index (χ2v) is 4.90. The van der Waals surface area contributed by atoms with Crippen molar-refractivity contribution in [3.05, 3.63) is 34.3 Å². The standard InChI is InChI=1S/C12H12ClF3O/c13-10-3-1-2-9(12(14,15)16)8(10)4-5-11(17)6-7-11/h1-3,17H,4-7H2. The highest BCUT2D eigenvalue weighted by Crippen LogP contribution is 2.41. The van der Waals surface area contributed by atoms with Gasteiger partial charge in [0.05, 0.1) is 11.2 Å². The van der Waals surface area contributed by atoms with Gasteiger partial charge in [0.15, 0.2) is 0 Å². The molecule has 1 aromatic carbocycles. The van der Waals surface area contributed by atoms with Gasteiger partial charge in [-0.05, 0) is 43.4 Å². The maximum atomic E-state index is 12.7. The number of alkyl halides is 3. The zero-order chi connectivity index (χ0) is 12.7. The fourth-order valence-electron chi connectivity index (χ4n) is 1.83. The third-order valence-corrected chi connectivity index (χ3v) is 3.45. The summed E-state index contributed by atoms with van der Waals surface area (Å²) in [7, 11) is 0. The molecule has 94 valence electrons. The van der Waals surface area contributed by atoms with E-state index in [9.17, 15) is 18.3 Å². The summed E-state index contributed by atoms with van der Waals surface area (Å²) < 4.78 is 38.2. The predicted molar refractivity (Wildman–Crippen MR) is 59.0 cm³/mol. The van der Waals surface area contributed by atoms with E-state index in [1.54, 1.807) is 0 Å². The number of benzene rings is 1. The summed E-state index contributed by atoms with van der Waals surface area (Å²) in [5, 5.41) is 9.77. The third kappa shape index (κ3) is 2.93. The lowest BCUT2D eigenvalue weighted by Gasteiger charge is -2.15. The second kappa shape index (κ2) is 4.18. The van der Waals surface area contributed by atoms with Gasteiger partial charge in [-0.25, -0.2) is 0 Å². The van der Waals surface area contributed by atoms with Crippen LogP contribution in [0.5, 0.6) is 0 Å². The first kappa shape index (κ1) is 12.7. The van der Waals surface area contributed by atoms with Crippen molar-refractivity contribution in [2.75, 3.05) is 0 Å². The van der Waals surface area contributed by atoms with Crippen LogP contribution >= 0.6 is 11.6 Å². The fourth-order valence-corrected chi connectivity index (χ4v) is 2.10. The average molecular weight is 265 g/mol. The Morgan fingerprint density at radius 2 is 1.94 bits per heavy atom. The van der Waals surface area contributed by atoms with Gasteiger partial charge in [0.2, 0.25) is 0 Å². The Hall–Kier alpha value is -0.740. The van der Waals surface area contributed by atoms with E-state index in [4.69, 9.17) is 11.6 Å². The molecule has 1 aliphatic rings. The predicted octanol–water partition coefficient (Wildman–Crippen LogP) is 3.82. The quantitative estimate of drug-likeness (QED) is 0.880. The Morgan fingerprint density at radius 3 is 2.47 bits per heavy atom. The molecule has 0 spiro atoms. The molecule has 0 unspecified atom stereocenters. The lowest BCUT2D eigenvalue weighted by molar-refractivity contribution is -0.138. The van der Waals surface area contributed by atoms with Gasteiger partial charge in [-0.2, -0.15) is 13.2 Å². The largest absolute Gasteiger partial charge is 0.416 e. The van der Waals surface area contributed by atoms with Gasteiger partial charge in [0, 0.05) is 5.02 Å². The van der Waals surface area contributed by atoms with E-state index < -0.39 is 17.3 Å². The fraction of sp³-hybridized carbons (Fsp3) is 0.500. The van der Waals surface area contributed by atoms with Crippen molar-refractivity contribution in [1.29, 1.82) is 0 Å². The van der Waals surface area contributed by atoms with Crippen LogP contribution in [0.2, 0.25) is 5.02 Å². The van der Waals surface area contributed by atoms with Gasteiger partial charge in [0.25, 0.3) is 0 Å². The van der Waals surface area contributed by atoms with Crippen molar-refractivity contribution in [2.45, 2.75) is 37.5 Å². The zero-order valence-electron chi connectivity index (χ0n) is 9.02. The van der Waals surface area contributed by atoms with E-state index in [0.29, 0.717) is 19.3 Å². The molecule has 2 rings (SSSR count). The van der Waals surface area contributed by atoms with Gasteiger partial charge in [-0.3, -0.25) is 0 Å². The molecule has 1 aromatic rings. The molecule has 0 atom stereocenters. The van der Waals surface area contributed by atoms with Crippen LogP contribution in [-0.2, 0) is 12.6 Å². The summed E-state index contributed by atoms with van der Waals surface area (Å²) in [6, 6.07) is 3.77. The molecule has 0 heterocycles. The lowest BCUT2D eigenvalue weighted by atomic mass is 10.00. The van der Waals surface area contributed by atoms with Crippen LogP contribution in [0.3, 0.4) is 0 Å². The minimum absolute atomic E-state index is 0.0852. The van der Waals surface area contributed by atoms with E-state index in [1.165, 1.54) is 12.1 Å². The Morgan fingerprint density at radius 1 is 1.29 bits per heavy atom. The number of rotatable bonds is 3. The van der Waals surface area contributed by atoms with E-state index in [-0.39, 0.29) is 17.0 Å². The average Bonchev–Trinajstić information content (AvgIpc) is 2.93. The highest BCUT2D eigenvalue weighted by Gasteiger charge is 2.41. The molecule has 1 saturated carbocycles. The SMILES string of the molecule is OC1(CCc2c(Cl)cccc2C(F)(F)F)CC1. The molecular weight excluding hydrogens is 253 g/mol. The first-order valence-corrected chi connectivity index (χ1v) is 5.77. The van der Waals surface area contributed by atoms with E-state index in [2.05, 4.69) is 0 Å². The molecule has 17 heavy (non-hydrogen) atoms. The Kier molecular flexibility index (Phi) is 3.12. The molecule has 0 aromatic heterocycles. The highest BCUT2D eigenvalue weighted by atomic mass is 35.5. The molecule has 0 bridgehead atoms.